The van der Waals surface area contributed by atoms with E-state index < -0.39 is 23.3 Å². The van der Waals surface area contributed by atoms with Crippen molar-refractivity contribution in [2.45, 2.75) is 24.7 Å². The topological polar surface area (TPSA) is 0 Å². The van der Waals surface area contributed by atoms with Gasteiger partial charge in [-0.2, -0.15) is 26.3 Å². The molecule has 3 rings (SSSR count). The van der Waals surface area contributed by atoms with Gasteiger partial charge in [-0.25, -0.2) is 0 Å². The van der Waals surface area contributed by atoms with E-state index in [9.17, 15) is 26.3 Å². The summed E-state index contributed by atoms with van der Waals surface area (Å²) in [6.07, 6.45) is -0.301. The summed E-state index contributed by atoms with van der Waals surface area (Å²) in [6, 6.07) is 6.58. The average molecular weight is 322 g/mol. The zero-order chi connectivity index (χ0) is 15.6. The summed E-state index contributed by atoms with van der Waals surface area (Å²) >= 11 is 0.810. The Morgan fingerprint density at radius 1 is 0.952 bits per heavy atom. The van der Waals surface area contributed by atoms with Crippen molar-refractivity contribution in [3.63, 3.8) is 0 Å². The molecule has 0 aliphatic heterocycles. The van der Waals surface area contributed by atoms with Gasteiger partial charge in [-0.15, -0.1) is 11.3 Å². The molecule has 7 heteroatoms. The normalized spacial score (nSPS) is 22.5. The van der Waals surface area contributed by atoms with Crippen LogP contribution in [0, 0.1) is 6.92 Å². The highest BCUT2D eigenvalue weighted by Gasteiger charge is 2.77. The first-order valence-corrected chi connectivity index (χ1v) is 6.76. The highest BCUT2D eigenvalue weighted by atomic mass is 32.1. The van der Waals surface area contributed by atoms with E-state index in [0.29, 0.717) is 15.6 Å². The predicted molar refractivity (Wildman–Crippen MR) is 69.4 cm³/mol. The van der Waals surface area contributed by atoms with Crippen molar-refractivity contribution in [3.8, 4) is 0 Å². The van der Waals surface area contributed by atoms with Gasteiger partial charge in [0.15, 0.2) is 0 Å². The molecule has 1 aliphatic carbocycles. The maximum atomic E-state index is 13.8. The zero-order valence-electron chi connectivity index (χ0n) is 10.6. The molecule has 0 amide bonds. The van der Waals surface area contributed by atoms with Gasteiger partial charge in [0.25, 0.3) is 0 Å². The monoisotopic (exact) mass is 322 g/mol. The van der Waals surface area contributed by atoms with E-state index in [0.717, 1.165) is 11.3 Å². The maximum Gasteiger partial charge on any atom is 0.380 e. The van der Waals surface area contributed by atoms with Crippen LogP contribution in [0.4, 0.5) is 26.3 Å². The third kappa shape index (κ3) is 1.70. The van der Waals surface area contributed by atoms with Gasteiger partial charge in [-0.3, -0.25) is 0 Å². The van der Waals surface area contributed by atoms with Gasteiger partial charge >= 0.3 is 17.8 Å². The number of hydrogen-bond acceptors (Lipinski definition) is 1. The maximum absolute atomic E-state index is 13.8. The first kappa shape index (κ1) is 14.4. The average Bonchev–Trinajstić information content (AvgIpc) is 2.78. The SMILES string of the molecule is Cc1c(C2=CC(F)(F)C(F)(F)C2(F)F)sc2ccccc12. The minimum atomic E-state index is -5.42. The molecule has 0 atom stereocenters. The van der Waals surface area contributed by atoms with Crippen LogP contribution in [0.25, 0.3) is 15.7 Å². The van der Waals surface area contributed by atoms with E-state index in [1.165, 1.54) is 6.92 Å². The smallest absolute Gasteiger partial charge is 0.195 e. The Kier molecular flexibility index (Phi) is 2.77. The molecule has 1 aliphatic rings. The first-order valence-electron chi connectivity index (χ1n) is 5.95. The zero-order valence-corrected chi connectivity index (χ0v) is 11.4. The highest BCUT2D eigenvalue weighted by molar-refractivity contribution is 7.20. The molecule has 0 spiro atoms. The number of fused-ring (bicyclic) bond motifs is 1. The Balaban J connectivity index is 2.26. The summed E-state index contributed by atoms with van der Waals surface area (Å²) in [4.78, 5) is -0.224. The Hall–Kier alpha value is -1.50. The van der Waals surface area contributed by atoms with Crippen LogP contribution >= 0.6 is 11.3 Å². The fraction of sp³-hybridized carbons (Fsp3) is 0.286. The van der Waals surface area contributed by atoms with E-state index in [-0.39, 0.29) is 11.0 Å². The molecule has 112 valence electrons. The number of halogens is 6. The third-order valence-corrected chi connectivity index (χ3v) is 4.87. The summed E-state index contributed by atoms with van der Waals surface area (Å²) in [7, 11) is 0. The molecule has 0 nitrogen and oxygen atoms in total. The van der Waals surface area contributed by atoms with Crippen LogP contribution in [0.3, 0.4) is 0 Å². The molecule has 0 saturated carbocycles. The fourth-order valence-corrected chi connectivity index (χ4v) is 3.64. The van der Waals surface area contributed by atoms with Crippen molar-refractivity contribution in [2.75, 3.05) is 0 Å². The second kappa shape index (κ2) is 4.03. The molecule has 0 bridgehead atoms. The fourth-order valence-electron chi connectivity index (χ4n) is 2.38. The van der Waals surface area contributed by atoms with E-state index >= 15 is 0 Å². The van der Waals surface area contributed by atoms with Gasteiger partial charge < -0.3 is 0 Å². The van der Waals surface area contributed by atoms with Crippen LogP contribution in [-0.2, 0) is 0 Å². The molecule has 1 aromatic heterocycles. The van der Waals surface area contributed by atoms with Gasteiger partial charge in [0.05, 0.1) is 0 Å². The number of rotatable bonds is 1. The van der Waals surface area contributed by atoms with Crippen molar-refractivity contribution in [3.05, 3.63) is 40.8 Å². The largest absolute Gasteiger partial charge is 0.380 e. The lowest BCUT2D eigenvalue weighted by Crippen LogP contribution is -2.48. The Morgan fingerprint density at radius 2 is 1.57 bits per heavy atom. The van der Waals surface area contributed by atoms with Crippen molar-refractivity contribution in [1.29, 1.82) is 0 Å². The number of benzene rings is 1. The highest BCUT2D eigenvalue weighted by Crippen LogP contribution is 2.59. The molecule has 0 fully saturated rings. The first-order chi connectivity index (χ1) is 9.59. The molecule has 0 N–H and O–H groups in total. The second-order valence-electron chi connectivity index (χ2n) is 4.88. The standard InChI is InChI=1S/C14H8F6S/c1-7-8-4-2-3-5-10(8)21-11(7)9-6-12(15,16)14(19,20)13(9,17)18/h2-6H,1H3. The lowest BCUT2D eigenvalue weighted by Gasteiger charge is -2.25. The molecular formula is C14H8F6S. The molecule has 2 aromatic rings. The lowest BCUT2D eigenvalue weighted by molar-refractivity contribution is -0.257. The van der Waals surface area contributed by atoms with E-state index in [1.54, 1.807) is 24.3 Å². The van der Waals surface area contributed by atoms with E-state index in [2.05, 4.69) is 0 Å². The summed E-state index contributed by atoms with van der Waals surface area (Å²) in [6.45, 7) is 1.46. The van der Waals surface area contributed by atoms with Crippen LogP contribution in [0.1, 0.15) is 10.4 Å². The van der Waals surface area contributed by atoms with Gasteiger partial charge in [0, 0.05) is 21.2 Å². The van der Waals surface area contributed by atoms with Crippen LogP contribution in [-0.4, -0.2) is 17.8 Å². The van der Waals surface area contributed by atoms with E-state index in [4.69, 9.17) is 0 Å². The minimum absolute atomic E-state index is 0.224. The van der Waals surface area contributed by atoms with Crippen molar-refractivity contribution >= 4 is 27.0 Å². The lowest BCUT2D eigenvalue weighted by atomic mass is 10.0. The number of allylic oxidation sites excluding steroid dienone is 2. The van der Waals surface area contributed by atoms with Gasteiger partial charge in [0.2, 0.25) is 0 Å². The van der Waals surface area contributed by atoms with Gasteiger partial charge in [0.1, 0.15) is 0 Å². The van der Waals surface area contributed by atoms with Crippen LogP contribution in [0.15, 0.2) is 30.3 Å². The molecule has 21 heavy (non-hydrogen) atoms. The molecule has 0 unspecified atom stereocenters. The number of hydrogen-bond donors (Lipinski definition) is 0. The minimum Gasteiger partial charge on any atom is -0.195 e. The molecule has 1 aromatic carbocycles. The summed E-state index contributed by atoms with van der Waals surface area (Å²) < 4.78 is 81.2. The van der Waals surface area contributed by atoms with Crippen molar-refractivity contribution < 1.29 is 26.3 Å². The molecule has 0 saturated heterocycles. The van der Waals surface area contributed by atoms with Crippen LogP contribution in [0.5, 0.6) is 0 Å². The summed E-state index contributed by atoms with van der Waals surface area (Å²) in [5.74, 6) is -15.2. The van der Waals surface area contributed by atoms with E-state index in [1.807, 2.05) is 0 Å². The number of thiophene rings is 1. The van der Waals surface area contributed by atoms with Gasteiger partial charge in [-0.1, -0.05) is 18.2 Å². The Morgan fingerprint density at radius 3 is 2.10 bits per heavy atom. The quantitative estimate of drug-likeness (QED) is 0.607. The van der Waals surface area contributed by atoms with Crippen LogP contribution in [0.2, 0.25) is 0 Å². The number of alkyl halides is 6. The second-order valence-corrected chi connectivity index (χ2v) is 5.93. The number of aryl methyl sites for hydroxylation is 1. The molecule has 1 heterocycles. The van der Waals surface area contributed by atoms with Gasteiger partial charge in [-0.05, 0) is 23.9 Å². The summed E-state index contributed by atoms with van der Waals surface area (Å²) in [5.41, 5.74) is -0.994. The molecular weight excluding hydrogens is 314 g/mol. The van der Waals surface area contributed by atoms with Crippen molar-refractivity contribution in [1.82, 2.24) is 0 Å². The Labute approximate surface area is 119 Å². The predicted octanol–water partition coefficient (Wildman–Crippen LogP) is 5.51. The Bertz CT molecular complexity index is 756. The third-order valence-electron chi connectivity index (χ3n) is 3.57. The summed E-state index contributed by atoms with van der Waals surface area (Å²) in [5, 5.41) is 0.590. The van der Waals surface area contributed by atoms with Crippen LogP contribution < -0.4 is 0 Å². The molecule has 0 radical (unpaired) electrons. The van der Waals surface area contributed by atoms with Crippen molar-refractivity contribution in [2.24, 2.45) is 0 Å².